The molecule has 0 bridgehead atoms. The summed E-state index contributed by atoms with van der Waals surface area (Å²) in [5, 5.41) is 33.2. The van der Waals surface area contributed by atoms with Crippen LogP contribution in [-0.2, 0) is 157 Å². The second-order valence-corrected chi connectivity index (χ2v) is 34.2. The van der Waals surface area contributed by atoms with Gasteiger partial charge < -0.3 is 66.7 Å². The van der Waals surface area contributed by atoms with Crippen molar-refractivity contribution in [2.24, 2.45) is 0 Å². The summed E-state index contributed by atoms with van der Waals surface area (Å²) in [5.74, 6) is -0.639. The van der Waals surface area contributed by atoms with Crippen LogP contribution >= 0.6 is 15.6 Å². The fraction of sp³-hybridized carbons (Fsp3) is 0.337. The van der Waals surface area contributed by atoms with E-state index in [0.29, 0.717) is 5.56 Å². The minimum absolute atomic E-state index is 0.0178. The Morgan fingerprint density at radius 1 is 0.281 bits per heavy atom. The van der Waals surface area contributed by atoms with Crippen molar-refractivity contribution in [3.8, 4) is 12.1 Å². The molecule has 0 aromatic heterocycles. The van der Waals surface area contributed by atoms with Gasteiger partial charge in [-0.1, -0.05) is 303 Å². The third-order valence-electron chi connectivity index (χ3n) is 21.8. The molecule has 0 amide bonds. The number of rotatable bonds is 49. The standard InChI is InChI=1S/C101H106N2O23P2/c102-54-30-56-118-127(106,120-70-88-94(110-62-76-36-14-3-15-37-76)98(114-66-80-44-22-7-23-45-80)92(86(59-104)124-88)108-60-74-32-10-1-11-33-74)122-72-90-96(112-64-78-40-18-5-19-41-78)100(116-68-82-48-26-9-27-49-82)97(113-65-79-42-20-6-21-43-79)91(126-90)73-123-128(107,119-57-31-55-103)121-71-89-95(111-63-77-38-16-4-17-39-77)99(115-67-81-46-24-8-25-47-81)93(109-61-75-34-12-2-13-35-75)87(125-89)69-117-101(105)85-53-52-83-50-28-29-51-84(83)58-85/h1-29,32-53,58,86-100,104H,30-31,56-57,59-73H2/t86-,87+,88+,89-,90-,91+,92-,93+,94+,95-,96-,97+,98+,99-,100+,127?,128?/m1/s1. The Bertz CT molecular complexity index is 5280. The van der Waals surface area contributed by atoms with Crippen molar-refractivity contribution in [1.29, 1.82) is 10.5 Å². The van der Waals surface area contributed by atoms with Gasteiger partial charge in [-0.3, -0.25) is 27.1 Å². The summed E-state index contributed by atoms with van der Waals surface area (Å²) in [6.45, 7) is -4.01. The van der Waals surface area contributed by atoms with Crippen molar-refractivity contribution in [2.45, 2.75) is 164 Å². The summed E-state index contributed by atoms with van der Waals surface area (Å²) in [5.41, 5.74) is 7.50. The normalized spacial score (nSPS) is 23.2. The van der Waals surface area contributed by atoms with Gasteiger partial charge in [-0.2, -0.15) is 10.5 Å². The number of phosphoric ester groups is 2. The van der Waals surface area contributed by atoms with Crippen molar-refractivity contribution in [3.05, 3.63) is 371 Å². The molecule has 1 N–H and O–H groups in total. The van der Waals surface area contributed by atoms with Crippen LogP contribution in [0.25, 0.3) is 10.8 Å². The molecular weight excluding hydrogens is 1670 g/mol. The number of ether oxygens (including phenoxy) is 13. The molecule has 17 atom stereocenters. The Balaban J connectivity index is 0.800. The number of nitriles is 2. The number of hydrogen-bond acceptors (Lipinski definition) is 25. The zero-order chi connectivity index (χ0) is 88.2. The molecule has 0 spiro atoms. The Morgan fingerprint density at radius 3 is 0.766 bits per heavy atom. The quantitative estimate of drug-likeness (QED) is 0.0210. The monoisotopic (exact) mass is 1780 g/mol. The number of hydrogen-bond donors (Lipinski definition) is 1. The van der Waals surface area contributed by atoms with E-state index in [1.165, 1.54) is 0 Å². The van der Waals surface area contributed by atoms with Crippen molar-refractivity contribution in [3.63, 3.8) is 0 Å². The number of carbonyl (C=O) groups excluding carboxylic acids is 1. The number of aliphatic hydroxyl groups excluding tert-OH is 1. The second-order valence-electron chi connectivity index (χ2n) is 30.9. The van der Waals surface area contributed by atoms with Gasteiger partial charge in [0.25, 0.3) is 0 Å². The van der Waals surface area contributed by atoms with E-state index in [9.17, 15) is 20.4 Å². The molecule has 3 heterocycles. The number of carbonyl (C=O) groups is 1. The van der Waals surface area contributed by atoms with Crippen LogP contribution in [0.1, 0.15) is 73.3 Å². The molecule has 3 fully saturated rings. The molecule has 14 rings (SSSR count). The smallest absolute Gasteiger partial charge is 0.459 e. The van der Waals surface area contributed by atoms with Crippen LogP contribution in [-0.4, -0.2) is 155 Å². The first kappa shape index (κ1) is 94.0. The van der Waals surface area contributed by atoms with Gasteiger partial charge in [0.05, 0.1) is 136 Å². The first-order valence-electron chi connectivity index (χ1n) is 42.9. The lowest BCUT2D eigenvalue weighted by atomic mass is 9.94. The van der Waals surface area contributed by atoms with Gasteiger partial charge in [-0.15, -0.1) is 0 Å². The molecule has 11 aromatic rings. The number of benzene rings is 11. The summed E-state index contributed by atoms with van der Waals surface area (Å²) < 4.78 is 161. The van der Waals surface area contributed by atoms with Gasteiger partial charge in [0.1, 0.15) is 98.2 Å². The first-order valence-corrected chi connectivity index (χ1v) is 45.8. The van der Waals surface area contributed by atoms with Crippen LogP contribution in [0, 0.1) is 22.7 Å². The molecular formula is C101H106N2O23P2. The predicted octanol–water partition coefficient (Wildman–Crippen LogP) is 17.7. The largest absolute Gasteiger partial charge is 0.475 e. The van der Waals surface area contributed by atoms with E-state index in [4.69, 9.17) is 88.7 Å². The maximum Gasteiger partial charge on any atom is 0.475 e. The van der Waals surface area contributed by atoms with Crippen molar-refractivity contribution in [2.75, 3.05) is 52.9 Å². The van der Waals surface area contributed by atoms with E-state index in [1.54, 1.807) is 12.1 Å². The third kappa shape index (κ3) is 27.9. The van der Waals surface area contributed by atoms with Gasteiger partial charge in [0.15, 0.2) is 0 Å². The van der Waals surface area contributed by atoms with Crippen LogP contribution < -0.4 is 0 Å². The van der Waals surface area contributed by atoms with E-state index >= 15 is 9.13 Å². The highest BCUT2D eigenvalue weighted by Crippen LogP contribution is 2.53. The molecule has 11 aromatic carbocycles. The minimum Gasteiger partial charge on any atom is -0.459 e. The fourth-order valence-corrected chi connectivity index (χ4v) is 17.7. The number of phosphoric acid groups is 2. The average molecular weight is 1780 g/mol. The zero-order valence-corrected chi connectivity index (χ0v) is 72.6. The average Bonchev–Trinajstić information content (AvgIpc) is 0.788. The Kier molecular flexibility index (Phi) is 36.4. The Morgan fingerprint density at radius 2 is 0.508 bits per heavy atom. The van der Waals surface area contributed by atoms with E-state index in [2.05, 4.69) is 12.1 Å². The Labute approximate surface area is 746 Å². The van der Waals surface area contributed by atoms with Crippen molar-refractivity contribution >= 4 is 32.4 Å². The van der Waals surface area contributed by atoms with Crippen LogP contribution in [0.4, 0.5) is 0 Å². The number of aliphatic hydroxyl groups is 1. The predicted molar refractivity (Wildman–Crippen MR) is 474 cm³/mol. The van der Waals surface area contributed by atoms with E-state index in [0.717, 1.165) is 60.8 Å². The molecule has 3 saturated heterocycles. The van der Waals surface area contributed by atoms with E-state index in [-0.39, 0.29) is 78.9 Å². The lowest BCUT2D eigenvalue weighted by Crippen LogP contribution is -2.62. The van der Waals surface area contributed by atoms with Crippen molar-refractivity contribution < 1.29 is 108 Å². The van der Waals surface area contributed by atoms with E-state index in [1.807, 2.05) is 303 Å². The van der Waals surface area contributed by atoms with Gasteiger partial charge in [-0.25, -0.2) is 13.9 Å². The molecule has 27 heteroatoms. The number of esters is 1. The van der Waals surface area contributed by atoms with Crippen LogP contribution in [0.3, 0.4) is 0 Å². The van der Waals surface area contributed by atoms with Gasteiger partial charge in [0.2, 0.25) is 0 Å². The van der Waals surface area contributed by atoms with Crippen LogP contribution in [0.5, 0.6) is 0 Å². The molecule has 3 aliphatic rings. The summed E-state index contributed by atoms with van der Waals surface area (Å²) in [6, 6.07) is 102. The second kappa shape index (κ2) is 49.6. The molecule has 668 valence electrons. The molecule has 3 aliphatic heterocycles. The zero-order valence-electron chi connectivity index (χ0n) is 70.8. The van der Waals surface area contributed by atoms with Gasteiger partial charge in [-0.05, 0) is 73.0 Å². The van der Waals surface area contributed by atoms with Crippen LogP contribution in [0.2, 0.25) is 0 Å². The summed E-state index contributed by atoms with van der Waals surface area (Å²) >= 11 is 0. The van der Waals surface area contributed by atoms with Gasteiger partial charge in [0, 0.05) is 0 Å². The Hall–Kier alpha value is -10.2. The lowest BCUT2D eigenvalue weighted by molar-refractivity contribution is -0.276. The molecule has 2 unspecified atom stereocenters. The highest BCUT2D eigenvalue weighted by molar-refractivity contribution is 7.48. The highest BCUT2D eigenvalue weighted by Gasteiger charge is 2.54. The highest BCUT2D eigenvalue weighted by atomic mass is 31.2. The summed E-state index contributed by atoms with van der Waals surface area (Å²) in [7, 11) is -10.00. The minimum atomic E-state index is -5.03. The maximum atomic E-state index is 16.3. The summed E-state index contributed by atoms with van der Waals surface area (Å²) in [4.78, 5) is 14.4. The maximum absolute atomic E-state index is 16.3. The molecule has 0 saturated carbocycles. The molecule has 0 aliphatic carbocycles. The van der Waals surface area contributed by atoms with Crippen molar-refractivity contribution in [1.82, 2.24) is 0 Å². The fourth-order valence-electron chi connectivity index (χ4n) is 15.3. The summed E-state index contributed by atoms with van der Waals surface area (Å²) in [6.07, 6.45) is -17.6. The van der Waals surface area contributed by atoms with E-state index < -0.39 is 159 Å². The first-order chi connectivity index (χ1) is 62.9. The topological polar surface area (TPSA) is 294 Å². The SMILES string of the molecule is N#CCCOP(=O)(OC[C@@H]1O[C@H](COP(=O)(OCCC#N)OC[C@@H]2O[C@H](CO)[C@@H](OCc3ccccc3)[C@H](OCc3ccccc3)[C@H]2OCc2ccccc2)[C@@H](OCc2ccccc2)[C@H](OCc2ccccc2)[C@H]1OCc1ccccc1)OC[C@H]1O[C@@H](COC(=O)c2ccc3ccccc3c2)[C@H](OCc2ccccc2)[C@@H](OCc2ccccc2)[C@@H]1OCc1ccccc1. The van der Waals surface area contributed by atoms with Gasteiger partial charge >= 0.3 is 21.6 Å². The number of fused-ring (bicyclic) bond motifs is 1. The lowest BCUT2D eigenvalue weighted by Gasteiger charge is -2.47. The number of nitrogens with zero attached hydrogens (tertiary/aromatic N) is 2. The molecule has 0 radical (unpaired) electrons. The molecule has 128 heavy (non-hydrogen) atoms. The molecule has 25 nitrogen and oxygen atoms in total. The van der Waals surface area contributed by atoms with Crippen LogP contribution in [0.15, 0.2) is 315 Å². The third-order valence-corrected chi connectivity index (χ3v) is 24.7.